The van der Waals surface area contributed by atoms with Crippen LogP contribution in [-0.4, -0.2) is 17.9 Å². The highest BCUT2D eigenvalue weighted by molar-refractivity contribution is 6.30. The Balaban J connectivity index is 2.11. The molecule has 0 saturated carbocycles. The molecule has 2 amide bonds. The largest absolute Gasteiger partial charge is 0.350 e. The minimum atomic E-state index is -0.537. The molecule has 4 nitrogen and oxygen atoms in total. The number of hydrogen-bond donors (Lipinski definition) is 2. The zero-order chi connectivity index (χ0) is 18.4. The van der Waals surface area contributed by atoms with Crippen molar-refractivity contribution in [2.45, 2.75) is 32.7 Å². The van der Waals surface area contributed by atoms with E-state index in [0.29, 0.717) is 11.3 Å². The lowest BCUT2D eigenvalue weighted by Gasteiger charge is -2.14. The number of nitrogens with one attached hydrogen (secondary N) is 2. The van der Waals surface area contributed by atoms with Crippen molar-refractivity contribution in [3.8, 4) is 0 Å². The number of carbonyl (C=O) groups is 2. The Morgan fingerprint density at radius 2 is 1.92 bits per heavy atom. The first-order valence-electron chi connectivity index (χ1n) is 8.04. The van der Waals surface area contributed by atoms with Gasteiger partial charge in [-0.05, 0) is 43.2 Å². The van der Waals surface area contributed by atoms with Crippen molar-refractivity contribution >= 4 is 29.1 Å². The van der Waals surface area contributed by atoms with E-state index in [-0.39, 0.29) is 29.0 Å². The molecule has 0 aliphatic heterocycles. The average Bonchev–Trinajstić information content (AvgIpc) is 2.57. The topological polar surface area (TPSA) is 58.2 Å². The van der Waals surface area contributed by atoms with Gasteiger partial charge < -0.3 is 10.6 Å². The first-order chi connectivity index (χ1) is 11.9. The van der Waals surface area contributed by atoms with Crippen molar-refractivity contribution < 1.29 is 14.0 Å². The fourth-order valence-electron chi connectivity index (χ4n) is 2.23. The Labute approximate surface area is 151 Å². The van der Waals surface area contributed by atoms with Gasteiger partial charge in [0.1, 0.15) is 5.82 Å². The van der Waals surface area contributed by atoms with Crippen LogP contribution < -0.4 is 10.6 Å². The Hall–Kier alpha value is -2.40. The number of anilines is 1. The first kappa shape index (κ1) is 18.9. The molecule has 2 N–H and O–H groups in total. The standard InChI is InChI=1S/C19H20ClFN2O2/c1-3-12(2)22-19(25)15-6-4-5-7-17(15)23-18(24)10-13-8-9-14(20)11-16(13)21/h4-9,11-12H,3,10H2,1-2H3,(H,22,25)(H,23,24)/t12-/m1/s1. The van der Waals surface area contributed by atoms with E-state index in [2.05, 4.69) is 10.6 Å². The Kier molecular flexibility index (Phi) is 6.53. The third kappa shape index (κ3) is 5.29. The molecule has 6 heteroatoms. The number of rotatable bonds is 6. The molecule has 0 heterocycles. The number of amides is 2. The monoisotopic (exact) mass is 362 g/mol. The summed E-state index contributed by atoms with van der Waals surface area (Å²) in [7, 11) is 0. The molecule has 2 rings (SSSR count). The fourth-order valence-corrected chi connectivity index (χ4v) is 2.38. The quantitative estimate of drug-likeness (QED) is 0.809. The van der Waals surface area contributed by atoms with Crippen LogP contribution >= 0.6 is 11.6 Å². The summed E-state index contributed by atoms with van der Waals surface area (Å²) in [5, 5.41) is 5.81. The molecule has 2 aromatic carbocycles. The Bertz CT molecular complexity index is 780. The third-order valence-electron chi connectivity index (χ3n) is 3.80. The van der Waals surface area contributed by atoms with Crippen LogP contribution in [-0.2, 0) is 11.2 Å². The number of para-hydroxylation sites is 1. The van der Waals surface area contributed by atoms with Crippen LogP contribution in [0.4, 0.5) is 10.1 Å². The maximum absolute atomic E-state index is 13.8. The van der Waals surface area contributed by atoms with Gasteiger partial charge in [-0.2, -0.15) is 0 Å². The lowest BCUT2D eigenvalue weighted by Crippen LogP contribution is -2.32. The molecule has 25 heavy (non-hydrogen) atoms. The van der Waals surface area contributed by atoms with Crippen LogP contribution in [0.15, 0.2) is 42.5 Å². The number of halogens is 2. The number of hydrogen-bond acceptors (Lipinski definition) is 2. The van der Waals surface area contributed by atoms with E-state index in [1.54, 1.807) is 24.3 Å². The van der Waals surface area contributed by atoms with Crippen LogP contribution in [0, 0.1) is 5.82 Å². The van der Waals surface area contributed by atoms with Crippen molar-refractivity contribution in [3.63, 3.8) is 0 Å². The van der Waals surface area contributed by atoms with E-state index in [9.17, 15) is 14.0 Å². The van der Waals surface area contributed by atoms with E-state index in [4.69, 9.17) is 11.6 Å². The predicted molar refractivity (Wildman–Crippen MR) is 97.4 cm³/mol. The molecule has 0 aliphatic carbocycles. The van der Waals surface area contributed by atoms with Gasteiger partial charge in [-0.3, -0.25) is 9.59 Å². The van der Waals surface area contributed by atoms with Gasteiger partial charge in [0.05, 0.1) is 17.7 Å². The molecule has 0 saturated heterocycles. The summed E-state index contributed by atoms with van der Waals surface area (Å²) in [5.41, 5.74) is 0.999. The van der Waals surface area contributed by atoms with Gasteiger partial charge in [0.15, 0.2) is 0 Å². The molecule has 0 aliphatic rings. The van der Waals surface area contributed by atoms with E-state index < -0.39 is 11.7 Å². The summed E-state index contributed by atoms with van der Waals surface area (Å²) in [5.74, 6) is -1.21. The van der Waals surface area contributed by atoms with Gasteiger partial charge >= 0.3 is 0 Å². The summed E-state index contributed by atoms with van der Waals surface area (Å²) >= 11 is 5.71. The lowest BCUT2D eigenvalue weighted by atomic mass is 10.1. The molecule has 1 atom stereocenters. The SMILES string of the molecule is CC[C@@H](C)NC(=O)c1ccccc1NC(=O)Cc1ccc(Cl)cc1F. The van der Waals surface area contributed by atoms with Crippen LogP contribution in [0.2, 0.25) is 5.02 Å². The normalized spacial score (nSPS) is 11.7. The Morgan fingerprint density at radius 1 is 1.20 bits per heavy atom. The molecule has 0 spiro atoms. The van der Waals surface area contributed by atoms with Crippen LogP contribution in [0.3, 0.4) is 0 Å². The van der Waals surface area contributed by atoms with Gasteiger partial charge in [-0.25, -0.2) is 4.39 Å². The lowest BCUT2D eigenvalue weighted by molar-refractivity contribution is -0.115. The van der Waals surface area contributed by atoms with Gasteiger partial charge in [-0.15, -0.1) is 0 Å². The molecule has 0 aromatic heterocycles. The molecule has 0 fully saturated rings. The average molecular weight is 363 g/mol. The summed E-state index contributed by atoms with van der Waals surface area (Å²) < 4.78 is 13.8. The van der Waals surface area contributed by atoms with Crippen molar-refractivity contribution in [1.82, 2.24) is 5.32 Å². The second kappa shape index (κ2) is 8.62. The zero-order valence-corrected chi connectivity index (χ0v) is 14.9. The first-order valence-corrected chi connectivity index (χ1v) is 8.42. The third-order valence-corrected chi connectivity index (χ3v) is 4.04. The smallest absolute Gasteiger partial charge is 0.253 e. The van der Waals surface area contributed by atoms with Crippen LogP contribution in [0.25, 0.3) is 0 Å². The number of carbonyl (C=O) groups excluding carboxylic acids is 2. The highest BCUT2D eigenvalue weighted by atomic mass is 35.5. The second-order valence-electron chi connectivity index (χ2n) is 5.79. The van der Waals surface area contributed by atoms with Crippen molar-refractivity contribution in [2.75, 3.05) is 5.32 Å². The van der Waals surface area contributed by atoms with Gasteiger partial charge in [0, 0.05) is 11.1 Å². The minimum absolute atomic E-state index is 0.0272. The van der Waals surface area contributed by atoms with Gasteiger partial charge in [0.2, 0.25) is 5.91 Å². The Morgan fingerprint density at radius 3 is 2.60 bits per heavy atom. The van der Waals surface area contributed by atoms with E-state index in [0.717, 1.165) is 12.5 Å². The molecule has 0 bridgehead atoms. The highest BCUT2D eigenvalue weighted by Crippen LogP contribution is 2.18. The molecular weight excluding hydrogens is 343 g/mol. The summed E-state index contributed by atoms with van der Waals surface area (Å²) in [6.45, 7) is 3.88. The van der Waals surface area contributed by atoms with E-state index >= 15 is 0 Å². The van der Waals surface area contributed by atoms with E-state index in [1.807, 2.05) is 13.8 Å². The maximum atomic E-state index is 13.8. The predicted octanol–water partition coefficient (Wildman–Crippen LogP) is 4.19. The van der Waals surface area contributed by atoms with Crippen molar-refractivity contribution in [1.29, 1.82) is 0 Å². The fraction of sp³-hybridized carbons (Fsp3) is 0.263. The molecular formula is C19H20ClFN2O2. The summed E-state index contributed by atoms with van der Waals surface area (Å²) in [4.78, 5) is 24.6. The van der Waals surface area contributed by atoms with Crippen LogP contribution in [0.1, 0.15) is 36.2 Å². The van der Waals surface area contributed by atoms with Gasteiger partial charge in [-0.1, -0.05) is 36.7 Å². The molecule has 2 aromatic rings. The molecule has 132 valence electrons. The molecule has 0 radical (unpaired) electrons. The van der Waals surface area contributed by atoms with Crippen molar-refractivity contribution in [3.05, 3.63) is 64.4 Å². The maximum Gasteiger partial charge on any atom is 0.253 e. The zero-order valence-electron chi connectivity index (χ0n) is 14.1. The van der Waals surface area contributed by atoms with Crippen LogP contribution in [0.5, 0.6) is 0 Å². The summed E-state index contributed by atoms with van der Waals surface area (Å²) in [6, 6.07) is 10.9. The highest BCUT2D eigenvalue weighted by Gasteiger charge is 2.15. The van der Waals surface area contributed by atoms with Gasteiger partial charge in [0.25, 0.3) is 5.91 Å². The van der Waals surface area contributed by atoms with E-state index in [1.165, 1.54) is 12.1 Å². The number of benzene rings is 2. The summed E-state index contributed by atoms with van der Waals surface area (Å²) in [6.07, 6.45) is 0.653. The second-order valence-corrected chi connectivity index (χ2v) is 6.23. The van der Waals surface area contributed by atoms with Crippen molar-refractivity contribution in [2.24, 2.45) is 0 Å². The minimum Gasteiger partial charge on any atom is -0.350 e. The molecule has 0 unspecified atom stereocenters.